The molecule has 0 spiro atoms. The standard InChI is InChI=1S/C9H16N4O/c1-9(2,4-6-14)13-7-3-5-11-8(10)12-7/h3,5,14H,4,6H2,1-2H3,(H3,10,11,12,13). The maximum Gasteiger partial charge on any atom is 0.221 e. The Morgan fingerprint density at radius 3 is 2.86 bits per heavy atom. The van der Waals surface area contributed by atoms with Crippen molar-refractivity contribution >= 4 is 11.8 Å². The summed E-state index contributed by atoms with van der Waals surface area (Å²) in [7, 11) is 0. The van der Waals surface area contributed by atoms with E-state index in [-0.39, 0.29) is 18.1 Å². The zero-order valence-electron chi connectivity index (χ0n) is 8.49. The van der Waals surface area contributed by atoms with Crippen LogP contribution < -0.4 is 11.1 Å². The van der Waals surface area contributed by atoms with Crippen LogP contribution in [0.2, 0.25) is 0 Å². The number of aliphatic hydroxyl groups excluding tert-OH is 1. The molecule has 4 N–H and O–H groups in total. The van der Waals surface area contributed by atoms with Crippen LogP contribution in [0.15, 0.2) is 12.3 Å². The molecule has 0 aliphatic rings. The monoisotopic (exact) mass is 196 g/mol. The van der Waals surface area contributed by atoms with Crippen molar-refractivity contribution in [2.24, 2.45) is 0 Å². The first-order chi connectivity index (χ1) is 6.53. The van der Waals surface area contributed by atoms with Gasteiger partial charge in [0, 0.05) is 18.3 Å². The average molecular weight is 196 g/mol. The van der Waals surface area contributed by atoms with Gasteiger partial charge in [0.15, 0.2) is 0 Å². The van der Waals surface area contributed by atoms with Gasteiger partial charge in [-0.05, 0) is 26.3 Å². The Morgan fingerprint density at radius 1 is 1.57 bits per heavy atom. The molecular formula is C9H16N4O. The number of hydrogen-bond donors (Lipinski definition) is 3. The molecule has 0 radical (unpaired) electrons. The molecule has 1 rings (SSSR count). The number of nitrogen functional groups attached to an aromatic ring is 1. The lowest BCUT2D eigenvalue weighted by Crippen LogP contribution is -2.32. The van der Waals surface area contributed by atoms with Crippen LogP contribution in [0.4, 0.5) is 11.8 Å². The molecule has 0 fully saturated rings. The van der Waals surface area contributed by atoms with Crippen molar-refractivity contribution in [1.82, 2.24) is 9.97 Å². The van der Waals surface area contributed by atoms with Crippen LogP contribution >= 0.6 is 0 Å². The van der Waals surface area contributed by atoms with E-state index >= 15 is 0 Å². The fraction of sp³-hybridized carbons (Fsp3) is 0.556. The number of rotatable bonds is 4. The first-order valence-electron chi connectivity index (χ1n) is 4.51. The second-order valence-electron chi connectivity index (χ2n) is 3.78. The Morgan fingerprint density at radius 2 is 2.29 bits per heavy atom. The normalized spacial score (nSPS) is 11.4. The molecule has 1 heterocycles. The van der Waals surface area contributed by atoms with Gasteiger partial charge in [0.2, 0.25) is 5.95 Å². The summed E-state index contributed by atoms with van der Waals surface area (Å²) in [6, 6.07) is 1.75. The summed E-state index contributed by atoms with van der Waals surface area (Å²) in [4.78, 5) is 7.81. The van der Waals surface area contributed by atoms with Gasteiger partial charge < -0.3 is 16.2 Å². The first kappa shape index (κ1) is 10.7. The SMILES string of the molecule is CC(C)(CCO)Nc1ccnc(N)n1. The predicted molar refractivity (Wildman–Crippen MR) is 55.8 cm³/mol. The minimum atomic E-state index is -0.199. The summed E-state index contributed by atoms with van der Waals surface area (Å²) in [5.74, 6) is 0.922. The fourth-order valence-electron chi connectivity index (χ4n) is 1.13. The molecule has 78 valence electrons. The van der Waals surface area contributed by atoms with E-state index in [1.54, 1.807) is 12.3 Å². The third-order valence-corrected chi connectivity index (χ3v) is 1.88. The van der Waals surface area contributed by atoms with Crippen molar-refractivity contribution in [3.63, 3.8) is 0 Å². The minimum absolute atomic E-state index is 0.139. The summed E-state index contributed by atoms with van der Waals surface area (Å²) in [5.41, 5.74) is 5.24. The largest absolute Gasteiger partial charge is 0.396 e. The summed E-state index contributed by atoms with van der Waals surface area (Å²) in [6.45, 7) is 4.11. The molecule has 0 saturated carbocycles. The number of nitrogens with one attached hydrogen (secondary N) is 1. The van der Waals surface area contributed by atoms with E-state index in [1.165, 1.54) is 0 Å². The second kappa shape index (κ2) is 4.23. The molecule has 0 bridgehead atoms. The maximum atomic E-state index is 8.84. The Bertz CT molecular complexity index is 301. The second-order valence-corrected chi connectivity index (χ2v) is 3.78. The highest BCUT2D eigenvalue weighted by atomic mass is 16.3. The van der Waals surface area contributed by atoms with Crippen molar-refractivity contribution in [1.29, 1.82) is 0 Å². The Hall–Kier alpha value is -1.36. The highest BCUT2D eigenvalue weighted by Gasteiger charge is 2.16. The minimum Gasteiger partial charge on any atom is -0.396 e. The number of anilines is 2. The molecule has 0 aromatic carbocycles. The Labute approximate surface area is 83.4 Å². The smallest absolute Gasteiger partial charge is 0.221 e. The van der Waals surface area contributed by atoms with Gasteiger partial charge >= 0.3 is 0 Å². The van der Waals surface area contributed by atoms with Crippen molar-refractivity contribution in [2.75, 3.05) is 17.7 Å². The number of hydrogen-bond acceptors (Lipinski definition) is 5. The molecule has 0 aliphatic carbocycles. The molecule has 0 unspecified atom stereocenters. The quantitative estimate of drug-likeness (QED) is 0.657. The number of aliphatic hydroxyl groups is 1. The van der Waals surface area contributed by atoms with Crippen LogP contribution in [0.1, 0.15) is 20.3 Å². The van der Waals surface area contributed by atoms with Gasteiger partial charge in [-0.2, -0.15) is 4.98 Å². The lowest BCUT2D eigenvalue weighted by Gasteiger charge is -2.25. The van der Waals surface area contributed by atoms with Crippen LogP contribution in [-0.2, 0) is 0 Å². The maximum absolute atomic E-state index is 8.84. The highest BCUT2D eigenvalue weighted by Crippen LogP contribution is 2.15. The van der Waals surface area contributed by atoms with E-state index in [4.69, 9.17) is 10.8 Å². The zero-order valence-corrected chi connectivity index (χ0v) is 8.49. The van der Waals surface area contributed by atoms with Gasteiger partial charge in [-0.1, -0.05) is 0 Å². The van der Waals surface area contributed by atoms with Gasteiger partial charge in [-0.15, -0.1) is 0 Å². The molecule has 5 nitrogen and oxygen atoms in total. The summed E-state index contributed by atoms with van der Waals surface area (Å²) >= 11 is 0. The van der Waals surface area contributed by atoms with E-state index in [2.05, 4.69) is 15.3 Å². The van der Waals surface area contributed by atoms with Crippen molar-refractivity contribution in [2.45, 2.75) is 25.8 Å². The molecule has 0 amide bonds. The molecule has 0 saturated heterocycles. The third-order valence-electron chi connectivity index (χ3n) is 1.88. The molecule has 5 heteroatoms. The summed E-state index contributed by atoms with van der Waals surface area (Å²) in [5, 5.41) is 12.0. The predicted octanol–water partition coefficient (Wildman–Crippen LogP) is 0.632. The molecule has 14 heavy (non-hydrogen) atoms. The van der Waals surface area contributed by atoms with Crippen molar-refractivity contribution in [3.05, 3.63) is 12.3 Å². The lowest BCUT2D eigenvalue weighted by molar-refractivity contribution is 0.260. The van der Waals surface area contributed by atoms with E-state index in [0.29, 0.717) is 12.2 Å². The van der Waals surface area contributed by atoms with Crippen LogP contribution in [0.25, 0.3) is 0 Å². The van der Waals surface area contributed by atoms with Gasteiger partial charge in [0.05, 0.1) is 0 Å². The third kappa shape index (κ3) is 3.18. The van der Waals surface area contributed by atoms with E-state index < -0.39 is 0 Å². The number of aromatic nitrogens is 2. The van der Waals surface area contributed by atoms with Gasteiger partial charge in [-0.25, -0.2) is 4.98 Å². The average Bonchev–Trinajstić information content (AvgIpc) is 2.02. The Kier molecular flexibility index (Phi) is 3.24. The molecule has 0 aliphatic heterocycles. The summed E-state index contributed by atoms with van der Waals surface area (Å²) < 4.78 is 0. The molecular weight excluding hydrogens is 180 g/mol. The van der Waals surface area contributed by atoms with Crippen LogP contribution in [0.5, 0.6) is 0 Å². The number of nitrogens with two attached hydrogens (primary N) is 1. The first-order valence-corrected chi connectivity index (χ1v) is 4.51. The summed E-state index contributed by atoms with van der Waals surface area (Å²) in [6.07, 6.45) is 2.25. The lowest BCUT2D eigenvalue weighted by atomic mass is 10.0. The highest BCUT2D eigenvalue weighted by molar-refractivity contribution is 5.39. The van der Waals surface area contributed by atoms with Crippen LogP contribution in [0.3, 0.4) is 0 Å². The van der Waals surface area contributed by atoms with Crippen molar-refractivity contribution in [3.8, 4) is 0 Å². The van der Waals surface area contributed by atoms with Gasteiger partial charge in [-0.3, -0.25) is 0 Å². The fourth-order valence-corrected chi connectivity index (χ4v) is 1.13. The molecule has 0 atom stereocenters. The van der Waals surface area contributed by atoms with E-state index in [0.717, 1.165) is 0 Å². The topological polar surface area (TPSA) is 84.1 Å². The van der Waals surface area contributed by atoms with E-state index in [9.17, 15) is 0 Å². The van der Waals surface area contributed by atoms with Crippen LogP contribution in [0, 0.1) is 0 Å². The van der Waals surface area contributed by atoms with Crippen LogP contribution in [-0.4, -0.2) is 27.2 Å². The molecule has 1 aromatic heterocycles. The van der Waals surface area contributed by atoms with Gasteiger partial charge in [0.25, 0.3) is 0 Å². The van der Waals surface area contributed by atoms with Crippen molar-refractivity contribution < 1.29 is 5.11 Å². The van der Waals surface area contributed by atoms with Gasteiger partial charge in [0.1, 0.15) is 5.82 Å². The van der Waals surface area contributed by atoms with E-state index in [1.807, 2.05) is 13.8 Å². The Balaban J connectivity index is 2.68. The number of nitrogens with zero attached hydrogens (tertiary/aromatic N) is 2. The zero-order chi connectivity index (χ0) is 10.6. The molecule has 1 aromatic rings.